The Hall–Kier alpha value is -2.06. The molecule has 1 aromatic rings. The average Bonchev–Trinajstić information content (AvgIpc) is 2.63. The fourth-order valence-corrected chi connectivity index (χ4v) is 4.46. The van der Waals surface area contributed by atoms with Crippen molar-refractivity contribution in [1.29, 1.82) is 5.26 Å². The highest BCUT2D eigenvalue weighted by molar-refractivity contribution is 5.68. The molecule has 0 N–H and O–H groups in total. The topological polar surface area (TPSA) is 56.6 Å². The van der Waals surface area contributed by atoms with Crippen molar-refractivity contribution in [2.45, 2.75) is 52.1 Å². The van der Waals surface area contributed by atoms with Gasteiger partial charge >= 0.3 is 6.09 Å². The Kier molecular flexibility index (Phi) is 6.61. The van der Waals surface area contributed by atoms with Crippen LogP contribution in [-0.2, 0) is 11.2 Å². The summed E-state index contributed by atoms with van der Waals surface area (Å²) in [4.78, 5) is 16.9. The summed E-state index contributed by atoms with van der Waals surface area (Å²) in [6.07, 6.45) is 4.51. The number of hydrogen-bond donors (Lipinski definition) is 0. The zero-order valence-electron chi connectivity index (χ0n) is 17.5. The van der Waals surface area contributed by atoms with Crippen molar-refractivity contribution in [3.05, 3.63) is 35.4 Å². The van der Waals surface area contributed by atoms with E-state index in [9.17, 15) is 4.79 Å². The van der Waals surface area contributed by atoms with Gasteiger partial charge in [-0.25, -0.2) is 4.79 Å². The molecule has 2 fully saturated rings. The van der Waals surface area contributed by atoms with Gasteiger partial charge in [-0.05, 0) is 82.5 Å². The maximum atomic E-state index is 12.4. The first-order chi connectivity index (χ1) is 13.3. The lowest BCUT2D eigenvalue weighted by Crippen LogP contribution is -2.54. The molecule has 2 bridgehead atoms. The summed E-state index contributed by atoms with van der Waals surface area (Å²) in [5.41, 5.74) is 1.61. The Bertz CT molecular complexity index is 688. The first-order valence-electron chi connectivity index (χ1n) is 10.5. The molecule has 3 rings (SSSR count). The van der Waals surface area contributed by atoms with Crippen LogP contribution in [0.5, 0.6) is 0 Å². The van der Waals surface area contributed by atoms with Gasteiger partial charge in [0.05, 0.1) is 11.6 Å². The number of benzene rings is 1. The predicted molar refractivity (Wildman–Crippen MR) is 110 cm³/mol. The van der Waals surface area contributed by atoms with E-state index in [1.54, 1.807) is 0 Å². The SMILES string of the molecule is CC(C)(C)OC(=O)N1CC2CC(CN(CCCCc3ccc(C#N)cc3)C2)C1. The van der Waals surface area contributed by atoms with Gasteiger partial charge in [0, 0.05) is 26.2 Å². The summed E-state index contributed by atoms with van der Waals surface area (Å²) in [5, 5.41) is 8.87. The van der Waals surface area contributed by atoms with Crippen LogP contribution in [0.3, 0.4) is 0 Å². The summed E-state index contributed by atoms with van der Waals surface area (Å²) in [7, 11) is 0. The smallest absolute Gasteiger partial charge is 0.410 e. The maximum absolute atomic E-state index is 12.4. The molecule has 2 aliphatic rings. The number of nitrogens with zero attached hydrogens (tertiary/aromatic N) is 3. The third kappa shape index (κ3) is 5.97. The molecule has 152 valence electrons. The molecular weight excluding hydrogens is 350 g/mol. The van der Waals surface area contributed by atoms with Crippen molar-refractivity contribution in [2.24, 2.45) is 11.8 Å². The molecule has 1 amide bonds. The molecular formula is C23H33N3O2. The standard InChI is InChI=1S/C23H33N3O2/c1-23(2,3)28-22(27)26-16-20-12-21(17-26)15-25(14-20)11-5-4-6-18-7-9-19(13-24)10-8-18/h7-10,20-21H,4-6,11-12,14-17H2,1-3H3. The number of piperidine rings is 2. The Labute approximate surface area is 169 Å². The van der Waals surface area contributed by atoms with Crippen LogP contribution in [-0.4, -0.2) is 54.2 Å². The van der Waals surface area contributed by atoms with Crippen molar-refractivity contribution in [3.63, 3.8) is 0 Å². The number of carbonyl (C=O) groups is 1. The number of nitriles is 1. The van der Waals surface area contributed by atoms with Crippen LogP contribution in [0.2, 0.25) is 0 Å². The second-order valence-electron chi connectivity index (χ2n) is 9.38. The van der Waals surface area contributed by atoms with E-state index >= 15 is 0 Å². The fourth-order valence-electron chi connectivity index (χ4n) is 4.46. The zero-order chi connectivity index (χ0) is 20.1. The van der Waals surface area contributed by atoms with Crippen molar-refractivity contribution < 1.29 is 9.53 Å². The van der Waals surface area contributed by atoms with Crippen LogP contribution >= 0.6 is 0 Å². The number of likely N-dealkylation sites (tertiary alicyclic amines) is 2. The molecule has 0 aromatic heterocycles. The Morgan fingerprint density at radius 1 is 1.11 bits per heavy atom. The van der Waals surface area contributed by atoms with E-state index in [1.165, 1.54) is 24.8 Å². The minimum absolute atomic E-state index is 0.155. The highest BCUT2D eigenvalue weighted by atomic mass is 16.6. The highest BCUT2D eigenvalue weighted by Crippen LogP contribution is 2.29. The van der Waals surface area contributed by atoms with E-state index < -0.39 is 5.60 Å². The van der Waals surface area contributed by atoms with E-state index in [4.69, 9.17) is 10.00 Å². The summed E-state index contributed by atoms with van der Waals surface area (Å²) in [6, 6.07) is 10.1. The van der Waals surface area contributed by atoms with Crippen molar-refractivity contribution in [3.8, 4) is 6.07 Å². The summed E-state index contributed by atoms with van der Waals surface area (Å²) in [6.45, 7) is 10.7. The third-order valence-electron chi connectivity index (χ3n) is 5.58. The minimum atomic E-state index is -0.426. The molecule has 2 aliphatic heterocycles. The number of unbranched alkanes of at least 4 members (excludes halogenated alkanes) is 1. The lowest BCUT2D eigenvalue weighted by atomic mass is 9.84. The van der Waals surface area contributed by atoms with Crippen LogP contribution in [0.1, 0.15) is 51.2 Å². The minimum Gasteiger partial charge on any atom is -0.444 e. The van der Waals surface area contributed by atoms with Gasteiger partial charge in [-0.1, -0.05) is 12.1 Å². The van der Waals surface area contributed by atoms with E-state index in [-0.39, 0.29) is 6.09 Å². The molecule has 0 saturated carbocycles. The largest absolute Gasteiger partial charge is 0.444 e. The van der Waals surface area contributed by atoms with Crippen LogP contribution in [0.25, 0.3) is 0 Å². The molecule has 0 aliphatic carbocycles. The second kappa shape index (κ2) is 8.96. The van der Waals surface area contributed by atoms with Gasteiger partial charge in [0.1, 0.15) is 5.60 Å². The van der Waals surface area contributed by atoms with Gasteiger partial charge in [0.15, 0.2) is 0 Å². The molecule has 2 heterocycles. The first-order valence-corrected chi connectivity index (χ1v) is 10.5. The van der Waals surface area contributed by atoms with Crippen molar-refractivity contribution in [1.82, 2.24) is 9.80 Å². The van der Waals surface area contributed by atoms with E-state index in [0.29, 0.717) is 11.8 Å². The number of carbonyl (C=O) groups excluding carboxylic acids is 1. The maximum Gasteiger partial charge on any atom is 0.410 e. The third-order valence-corrected chi connectivity index (χ3v) is 5.58. The summed E-state index contributed by atoms with van der Waals surface area (Å²) in [5.74, 6) is 1.14. The molecule has 28 heavy (non-hydrogen) atoms. The average molecular weight is 384 g/mol. The fraction of sp³-hybridized carbons (Fsp3) is 0.652. The number of rotatable bonds is 5. The second-order valence-corrected chi connectivity index (χ2v) is 9.38. The van der Waals surface area contributed by atoms with E-state index in [0.717, 1.165) is 44.7 Å². The molecule has 2 atom stereocenters. The van der Waals surface area contributed by atoms with Gasteiger partial charge < -0.3 is 14.5 Å². The van der Waals surface area contributed by atoms with Gasteiger partial charge in [0.25, 0.3) is 0 Å². The van der Waals surface area contributed by atoms with Crippen molar-refractivity contribution in [2.75, 3.05) is 32.7 Å². The van der Waals surface area contributed by atoms with Crippen LogP contribution in [0.4, 0.5) is 4.79 Å². The monoisotopic (exact) mass is 383 g/mol. The lowest BCUT2D eigenvalue weighted by molar-refractivity contribution is -0.00967. The van der Waals surface area contributed by atoms with Crippen LogP contribution in [0, 0.1) is 23.2 Å². The molecule has 2 saturated heterocycles. The first kappa shape index (κ1) is 20.7. The number of fused-ring (bicyclic) bond motifs is 2. The van der Waals surface area contributed by atoms with E-state index in [2.05, 4.69) is 23.1 Å². The number of aryl methyl sites for hydroxylation is 1. The Morgan fingerprint density at radius 3 is 2.32 bits per heavy atom. The quantitative estimate of drug-likeness (QED) is 0.719. The van der Waals surface area contributed by atoms with Gasteiger partial charge in [-0.15, -0.1) is 0 Å². The van der Waals surface area contributed by atoms with Gasteiger partial charge in [0.2, 0.25) is 0 Å². The zero-order valence-corrected chi connectivity index (χ0v) is 17.5. The molecule has 0 radical (unpaired) electrons. The highest BCUT2D eigenvalue weighted by Gasteiger charge is 2.37. The summed E-state index contributed by atoms with van der Waals surface area (Å²) >= 11 is 0. The van der Waals surface area contributed by atoms with E-state index in [1.807, 2.05) is 37.8 Å². The normalized spacial score (nSPS) is 22.6. The molecule has 2 unspecified atom stereocenters. The number of ether oxygens (including phenoxy) is 1. The lowest BCUT2D eigenvalue weighted by Gasteiger charge is -2.45. The Morgan fingerprint density at radius 2 is 1.75 bits per heavy atom. The molecule has 0 spiro atoms. The predicted octanol–water partition coefficient (Wildman–Crippen LogP) is 4.07. The molecule has 1 aromatic carbocycles. The Balaban J connectivity index is 1.39. The summed E-state index contributed by atoms with van der Waals surface area (Å²) < 4.78 is 5.56. The van der Waals surface area contributed by atoms with Gasteiger partial charge in [-0.2, -0.15) is 5.26 Å². The van der Waals surface area contributed by atoms with Crippen LogP contribution in [0.15, 0.2) is 24.3 Å². The molecule has 5 heteroatoms. The van der Waals surface area contributed by atoms with Crippen LogP contribution < -0.4 is 0 Å². The number of hydrogen-bond acceptors (Lipinski definition) is 4. The molecule has 5 nitrogen and oxygen atoms in total. The van der Waals surface area contributed by atoms with Crippen molar-refractivity contribution >= 4 is 6.09 Å². The number of amides is 1. The van der Waals surface area contributed by atoms with Gasteiger partial charge in [-0.3, -0.25) is 0 Å².